The molecule has 0 spiro atoms. The van der Waals surface area contributed by atoms with Crippen molar-refractivity contribution in [2.24, 2.45) is 0 Å². The fourth-order valence-electron chi connectivity index (χ4n) is 13.6. The first kappa shape index (κ1) is 95.4. The van der Waals surface area contributed by atoms with Gasteiger partial charge in [-0.1, -0.05) is 51.2 Å². The van der Waals surface area contributed by atoms with Crippen molar-refractivity contribution in [3.63, 3.8) is 0 Å². The summed E-state index contributed by atoms with van der Waals surface area (Å²) in [5, 5.41) is 2.14. The van der Waals surface area contributed by atoms with E-state index in [-0.39, 0.29) is 0 Å². The van der Waals surface area contributed by atoms with E-state index in [4.69, 9.17) is 12.2 Å². The molecule has 35 heteroatoms. The van der Waals surface area contributed by atoms with Crippen molar-refractivity contribution in [2.75, 3.05) is 92.0 Å². The SMILES string of the molecule is Cc1sc(-c2sc(C)c3c2SC(C)C(C)S3)c2c1SCCS2.Cc1sc(-c2sc(C)c3c2SC(C)CS3)c2c1SCCS2.Cc1sc(-c2sc(C)c3c2SCC(Sc2ccccc2)S3)c2c1SCCSCCS2.Cc1sc(-c2sc(C)c3c2SCCS3)c2c1SCCSCCS2.Cc1sc(C)c2sc(=S)sc12.Cc1sc(C)c2sc(=[Se])sc12. The van der Waals surface area contributed by atoms with Crippen LogP contribution in [-0.4, -0.2) is 128 Å². The molecule has 0 fully saturated rings. The molecular weight excluding hydrogens is 2170 g/mol. The maximum absolute atomic E-state index is 5.13. The predicted molar refractivity (Wildman–Crippen MR) is 594 cm³/mol. The third-order valence-electron chi connectivity index (χ3n) is 19.1. The summed E-state index contributed by atoms with van der Waals surface area (Å²) in [7, 11) is 0. The molecule has 13 aromatic rings. The number of thioether (sulfide) groups is 19. The molecular formula is C83H86S34Se. The number of rotatable bonds is 6. The topological polar surface area (TPSA) is 0 Å². The molecule has 0 N–H and O–H groups in total. The molecule has 0 aliphatic carbocycles. The van der Waals surface area contributed by atoms with Gasteiger partial charge >= 0.3 is 85.3 Å². The van der Waals surface area contributed by atoms with Crippen molar-refractivity contribution in [2.45, 2.75) is 207 Å². The Balaban J connectivity index is 0.000000109. The average Bonchev–Trinajstić information content (AvgIpc) is 1.59. The molecule has 0 saturated carbocycles. The Morgan fingerprint density at radius 1 is 0.271 bits per heavy atom. The minimum atomic E-state index is 0.585. The molecule has 0 nitrogen and oxygen atoms in total. The third kappa shape index (κ3) is 21.9. The normalized spacial score (nSPS) is 18.9. The second-order valence-electron chi connectivity index (χ2n) is 27.7. The molecule has 628 valence electrons. The van der Waals surface area contributed by atoms with Crippen molar-refractivity contribution in [3.05, 3.63) is 94.7 Å². The fourth-order valence-corrected chi connectivity index (χ4v) is 60.0. The monoisotopic (exact) mass is 2250 g/mol. The first-order chi connectivity index (χ1) is 57.0. The van der Waals surface area contributed by atoms with E-state index in [9.17, 15) is 0 Å². The Morgan fingerprint density at radius 3 is 0.907 bits per heavy atom. The van der Waals surface area contributed by atoms with Crippen LogP contribution in [0.3, 0.4) is 0 Å². The van der Waals surface area contributed by atoms with E-state index in [1.165, 1.54) is 187 Å². The summed E-state index contributed by atoms with van der Waals surface area (Å²) in [4.78, 5) is 56.7. The van der Waals surface area contributed by atoms with Crippen LogP contribution < -0.4 is 0 Å². The quantitative estimate of drug-likeness (QED) is 0.114. The zero-order valence-electron chi connectivity index (χ0n) is 67.3. The molecule has 20 heterocycles. The van der Waals surface area contributed by atoms with E-state index < -0.39 is 0 Å². The summed E-state index contributed by atoms with van der Waals surface area (Å²) in [5.74, 6) is 20.0. The molecule has 0 saturated heterocycles. The Labute approximate surface area is 848 Å². The molecule has 0 radical (unpaired) electrons. The van der Waals surface area contributed by atoms with E-state index in [0.29, 0.717) is 15.1 Å². The molecule has 0 amide bonds. The van der Waals surface area contributed by atoms with Gasteiger partial charge in [-0.15, -0.1) is 325 Å². The van der Waals surface area contributed by atoms with E-state index in [1.54, 1.807) is 130 Å². The van der Waals surface area contributed by atoms with Crippen LogP contribution in [0.5, 0.6) is 0 Å². The number of aryl methyl sites for hydroxylation is 12. The van der Waals surface area contributed by atoms with E-state index >= 15 is 0 Å². The Bertz CT molecular complexity index is 5680. The predicted octanol–water partition coefficient (Wildman–Crippen LogP) is 38.4. The zero-order chi connectivity index (χ0) is 82.3. The number of hydrogen-bond acceptors (Lipinski definition) is 34. The zero-order valence-corrected chi connectivity index (χ0v) is 96.8. The summed E-state index contributed by atoms with van der Waals surface area (Å²) >= 11 is 74.9. The Kier molecular flexibility index (Phi) is 35.7. The van der Waals surface area contributed by atoms with Crippen LogP contribution >= 0.6 is 394 Å². The van der Waals surface area contributed by atoms with Crippen LogP contribution in [0.1, 0.15) is 79.3 Å². The molecule has 118 heavy (non-hydrogen) atoms. The second kappa shape index (κ2) is 44.1. The van der Waals surface area contributed by atoms with Gasteiger partial charge in [-0.25, -0.2) is 0 Å². The summed E-state index contributed by atoms with van der Waals surface area (Å²) in [5.41, 5.74) is 0. The van der Waals surface area contributed by atoms with Gasteiger partial charge in [-0.2, -0.15) is 23.5 Å². The minimum absolute atomic E-state index is 0.585. The molecule has 12 aromatic heterocycles. The molecule has 4 unspecified atom stereocenters. The van der Waals surface area contributed by atoms with Gasteiger partial charge in [0.05, 0.1) is 53.0 Å². The van der Waals surface area contributed by atoms with Crippen LogP contribution in [-0.2, 0) is 0 Å². The Hall–Kier alpha value is 4.23. The maximum atomic E-state index is 5.13. The summed E-state index contributed by atoms with van der Waals surface area (Å²) in [6.07, 6.45) is 0. The number of thiophene rings is 10. The second-order valence-corrected chi connectivity index (χ2v) is 70.5. The first-order valence-electron chi connectivity index (χ1n) is 38.2. The average molecular weight is 2250 g/mol. The summed E-state index contributed by atoms with van der Waals surface area (Å²) in [6, 6.07) is 10.9. The first-order valence-corrected chi connectivity index (χ1v) is 69.4. The molecule has 4 atom stereocenters. The molecule has 0 bridgehead atoms. The van der Waals surface area contributed by atoms with Crippen molar-refractivity contribution in [1.29, 1.82) is 0 Å². The van der Waals surface area contributed by atoms with Gasteiger partial charge < -0.3 is 0 Å². The summed E-state index contributed by atoms with van der Waals surface area (Å²) in [6.45, 7) is 34.3. The standard InChI is InChI=1S/C22H22S8.C16H18S7.C16H18S6.C15H16S6.C7H6S4.C7H6S3Se/c1-13-17-19(25-11-9-23-8-10-24-17)21(27-13)22-20-18(14(2)28-22)30-16(12-26-20)29-15-6-4-3-5-7-15;1-9-11-13(20-6-4-17-3-5-18-11)15(22-9)16-14-12(10(2)23-16)19-7-8-21-14;1-7-8(2)20-14-12(19-7)10(4)22-16(14)15-13-11(9(3)21-15)17-5-6-18-13;1-7-6-18-11-9(3)21-15(13(11)19-7)14-12-10(8(2)20-14)16-4-5-17-12;1-3-5-6(4(2)9-3)11-7(8)10-5;1-3-5-6(4(2)8-3)10-7(11)9-5/h3-7,16H,8-12H2,1-2H3;3-8H2,1-2H3;7-8H,5-6H2,1-4H3;7H,4-6H2,1-3H3;2*1-2H3. The van der Waals surface area contributed by atoms with Gasteiger partial charge in [0.15, 0.2) is 0 Å². The van der Waals surface area contributed by atoms with Crippen molar-refractivity contribution < 1.29 is 0 Å². The van der Waals surface area contributed by atoms with E-state index in [0.717, 1.165) is 8.39 Å². The number of hydrogen-bond donors (Lipinski definition) is 0. The summed E-state index contributed by atoms with van der Waals surface area (Å²) < 4.78 is 8.74. The molecule has 21 rings (SSSR count). The van der Waals surface area contributed by atoms with Gasteiger partial charge in [-0.3, -0.25) is 0 Å². The fraction of sp³-hybridized carbons (Fsp3) is 0.422. The van der Waals surface area contributed by atoms with Crippen LogP contribution in [0, 0.1) is 88.9 Å². The van der Waals surface area contributed by atoms with Gasteiger partial charge in [0.25, 0.3) is 0 Å². The van der Waals surface area contributed by atoms with Gasteiger partial charge in [0.2, 0.25) is 0 Å². The van der Waals surface area contributed by atoms with Gasteiger partial charge in [0, 0.05) is 240 Å². The number of benzene rings is 1. The third-order valence-corrected chi connectivity index (χ3v) is 66.3. The van der Waals surface area contributed by atoms with Crippen molar-refractivity contribution in [3.8, 4) is 39.0 Å². The van der Waals surface area contributed by atoms with Crippen molar-refractivity contribution >= 4 is 429 Å². The number of fused-ring (bicyclic) bond motifs is 10. The molecule has 8 aliphatic heterocycles. The molecule has 1 aromatic carbocycles. The van der Waals surface area contributed by atoms with Crippen LogP contribution in [0.4, 0.5) is 0 Å². The van der Waals surface area contributed by atoms with E-state index in [1.807, 2.05) is 148 Å². The van der Waals surface area contributed by atoms with Gasteiger partial charge in [0.1, 0.15) is 3.14 Å². The van der Waals surface area contributed by atoms with Gasteiger partial charge in [-0.05, 0) is 81.4 Å². The van der Waals surface area contributed by atoms with E-state index in [2.05, 4.69) is 361 Å². The van der Waals surface area contributed by atoms with Crippen molar-refractivity contribution in [1.82, 2.24) is 0 Å². The molecule has 8 aliphatic rings. The van der Waals surface area contributed by atoms with Crippen LogP contribution in [0.15, 0.2) is 114 Å². The van der Waals surface area contributed by atoms with Crippen LogP contribution in [0.25, 0.3) is 57.8 Å². The van der Waals surface area contributed by atoms with Crippen LogP contribution in [0.2, 0.25) is 0 Å². The Morgan fingerprint density at radius 2 is 0.542 bits per heavy atom.